The van der Waals surface area contributed by atoms with E-state index in [-0.39, 0.29) is 17.7 Å². The molecule has 1 aromatic rings. The van der Waals surface area contributed by atoms with Crippen LogP contribution in [0.4, 0.5) is 0 Å². The smallest absolute Gasteiger partial charge is 0.212 e. The lowest BCUT2D eigenvalue weighted by Crippen LogP contribution is -2.38. The van der Waals surface area contributed by atoms with Crippen molar-refractivity contribution >= 4 is 21.6 Å². The normalized spacial score (nSPS) is 21.6. The summed E-state index contributed by atoms with van der Waals surface area (Å²) in [6.45, 7) is 3.61. The Bertz CT molecular complexity index is 542. The second-order valence-electron chi connectivity index (χ2n) is 5.39. The van der Waals surface area contributed by atoms with E-state index >= 15 is 0 Å². The van der Waals surface area contributed by atoms with Crippen molar-refractivity contribution in [3.63, 3.8) is 0 Å². The maximum atomic E-state index is 12.2. The van der Waals surface area contributed by atoms with Crippen LogP contribution in [0.3, 0.4) is 0 Å². The minimum absolute atomic E-state index is 0.185. The molecule has 1 aliphatic heterocycles. The average Bonchev–Trinajstić information content (AvgIpc) is 2.38. The highest BCUT2D eigenvalue weighted by Crippen LogP contribution is 2.19. The summed E-state index contributed by atoms with van der Waals surface area (Å²) in [6, 6.07) is 7.00. The van der Waals surface area contributed by atoms with Gasteiger partial charge in [0.15, 0.2) is 0 Å². The van der Waals surface area contributed by atoms with Crippen LogP contribution in [0.15, 0.2) is 24.3 Å². The zero-order valence-corrected chi connectivity index (χ0v) is 13.2. The molecule has 0 aromatic heterocycles. The van der Waals surface area contributed by atoms with Crippen LogP contribution in [0.25, 0.3) is 0 Å². The lowest BCUT2D eigenvalue weighted by atomic mass is 10.0. The summed E-state index contributed by atoms with van der Waals surface area (Å²) in [5.41, 5.74) is 0.878. The molecule has 0 bridgehead atoms. The maximum absolute atomic E-state index is 12.2. The summed E-state index contributed by atoms with van der Waals surface area (Å²) >= 11 is 5.93. The maximum Gasteiger partial charge on any atom is 0.212 e. The fourth-order valence-corrected chi connectivity index (χ4v) is 4.41. The predicted octanol–water partition coefficient (Wildman–Crippen LogP) is 2.32. The van der Waals surface area contributed by atoms with Gasteiger partial charge in [0.25, 0.3) is 0 Å². The zero-order chi connectivity index (χ0) is 14.6. The third kappa shape index (κ3) is 4.74. The molecule has 4 nitrogen and oxygen atoms in total. The molecule has 6 heteroatoms. The van der Waals surface area contributed by atoms with Gasteiger partial charge in [0, 0.05) is 11.1 Å². The first-order valence-corrected chi connectivity index (χ1v) is 8.95. The van der Waals surface area contributed by atoms with Crippen LogP contribution >= 0.6 is 11.6 Å². The first-order chi connectivity index (χ1) is 9.46. The summed E-state index contributed by atoms with van der Waals surface area (Å²) in [4.78, 5) is 0. The standard InChI is InChI=1S/C14H21ClN2O2S/c1-11(13-5-2-6-14(15)8-13)17-20(18,19)10-12-4-3-7-16-9-12/h2,5-6,8,11-12,16-17H,3-4,7,9-10H2,1H3. The summed E-state index contributed by atoms with van der Waals surface area (Å²) in [7, 11) is -3.27. The summed E-state index contributed by atoms with van der Waals surface area (Å²) in [5, 5.41) is 3.86. The molecule has 1 aromatic carbocycles. The Hall–Kier alpha value is -0.620. The number of rotatable bonds is 5. The topological polar surface area (TPSA) is 58.2 Å². The fraction of sp³-hybridized carbons (Fsp3) is 0.571. The van der Waals surface area contributed by atoms with Crippen LogP contribution in [0.2, 0.25) is 5.02 Å². The first kappa shape index (κ1) is 15.8. The van der Waals surface area contributed by atoms with Gasteiger partial charge in [-0.05, 0) is 56.5 Å². The molecule has 0 saturated carbocycles. The molecule has 2 rings (SSSR count). The number of hydrogen-bond donors (Lipinski definition) is 2. The molecule has 0 spiro atoms. The minimum Gasteiger partial charge on any atom is -0.316 e. The van der Waals surface area contributed by atoms with Crippen LogP contribution in [0.5, 0.6) is 0 Å². The number of nitrogens with one attached hydrogen (secondary N) is 2. The van der Waals surface area contributed by atoms with E-state index in [1.165, 1.54) is 0 Å². The van der Waals surface area contributed by atoms with Crippen molar-refractivity contribution in [3.8, 4) is 0 Å². The molecule has 0 aliphatic carbocycles. The van der Waals surface area contributed by atoms with Gasteiger partial charge in [0.1, 0.15) is 0 Å². The van der Waals surface area contributed by atoms with E-state index in [1.54, 1.807) is 12.1 Å². The molecule has 1 fully saturated rings. The van der Waals surface area contributed by atoms with Crippen LogP contribution in [-0.4, -0.2) is 27.3 Å². The Morgan fingerprint density at radius 1 is 1.50 bits per heavy atom. The molecule has 20 heavy (non-hydrogen) atoms. The van der Waals surface area contributed by atoms with Crippen LogP contribution in [-0.2, 0) is 10.0 Å². The molecule has 112 valence electrons. The molecule has 2 unspecified atom stereocenters. The van der Waals surface area contributed by atoms with Crippen molar-refractivity contribution in [2.45, 2.75) is 25.8 Å². The van der Waals surface area contributed by atoms with Gasteiger partial charge in [-0.2, -0.15) is 0 Å². The van der Waals surface area contributed by atoms with E-state index in [0.29, 0.717) is 5.02 Å². The quantitative estimate of drug-likeness (QED) is 0.876. The molecule has 2 atom stereocenters. The SMILES string of the molecule is CC(NS(=O)(=O)CC1CCCNC1)c1cccc(Cl)c1. The van der Waals surface area contributed by atoms with E-state index < -0.39 is 10.0 Å². The molecule has 1 aliphatic rings. The van der Waals surface area contributed by atoms with Crippen molar-refractivity contribution in [3.05, 3.63) is 34.9 Å². The summed E-state index contributed by atoms with van der Waals surface area (Å²) in [6.07, 6.45) is 2.02. The van der Waals surface area contributed by atoms with Crippen molar-refractivity contribution in [2.75, 3.05) is 18.8 Å². The van der Waals surface area contributed by atoms with E-state index in [4.69, 9.17) is 11.6 Å². The molecule has 1 heterocycles. The average molecular weight is 317 g/mol. The highest BCUT2D eigenvalue weighted by Gasteiger charge is 2.23. The Morgan fingerprint density at radius 3 is 2.95 bits per heavy atom. The Morgan fingerprint density at radius 2 is 2.30 bits per heavy atom. The number of piperidine rings is 1. The van der Waals surface area contributed by atoms with Gasteiger partial charge in [-0.25, -0.2) is 13.1 Å². The molecule has 1 saturated heterocycles. The highest BCUT2D eigenvalue weighted by atomic mass is 35.5. The molecule has 2 N–H and O–H groups in total. The fourth-order valence-electron chi connectivity index (χ4n) is 2.54. The Balaban J connectivity index is 1.96. The van der Waals surface area contributed by atoms with Gasteiger partial charge in [-0.1, -0.05) is 23.7 Å². The van der Waals surface area contributed by atoms with E-state index in [2.05, 4.69) is 10.0 Å². The Labute approximate surface area is 126 Å². The molecule has 0 radical (unpaired) electrons. The van der Waals surface area contributed by atoms with Crippen LogP contribution in [0, 0.1) is 5.92 Å². The lowest BCUT2D eigenvalue weighted by molar-refractivity contribution is 0.402. The number of hydrogen-bond acceptors (Lipinski definition) is 3. The van der Waals surface area contributed by atoms with E-state index in [0.717, 1.165) is 31.5 Å². The molecule has 0 amide bonds. The van der Waals surface area contributed by atoms with Crippen molar-refractivity contribution in [1.29, 1.82) is 0 Å². The van der Waals surface area contributed by atoms with Gasteiger partial charge in [-0.15, -0.1) is 0 Å². The van der Waals surface area contributed by atoms with Gasteiger partial charge < -0.3 is 5.32 Å². The third-order valence-corrected chi connectivity index (χ3v) is 5.42. The highest BCUT2D eigenvalue weighted by molar-refractivity contribution is 7.89. The first-order valence-electron chi connectivity index (χ1n) is 6.92. The van der Waals surface area contributed by atoms with Crippen LogP contribution < -0.4 is 10.0 Å². The van der Waals surface area contributed by atoms with Gasteiger partial charge in [0.2, 0.25) is 10.0 Å². The minimum atomic E-state index is -3.27. The molecular formula is C14H21ClN2O2S. The van der Waals surface area contributed by atoms with Gasteiger partial charge in [0.05, 0.1) is 5.75 Å². The number of halogens is 1. The Kier molecular flexibility index (Phi) is 5.43. The van der Waals surface area contributed by atoms with Crippen LogP contribution in [0.1, 0.15) is 31.4 Å². The monoisotopic (exact) mass is 316 g/mol. The number of benzene rings is 1. The zero-order valence-electron chi connectivity index (χ0n) is 11.6. The second-order valence-corrected chi connectivity index (χ2v) is 7.62. The summed E-state index contributed by atoms with van der Waals surface area (Å²) < 4.78 is 27.1. The van der Waals surface area contributed by atoms with Gasteiger partial charge >= 0.3 is 0 Å². The lowest BCUT2D eigenvalue weighted by Gasteiger charge is -2.23. The summed E-state index contributed by atoms with van der Waals surface area (Å²) in [5.74, 6) is 0.387. The van der Waals surface area contributed by atoms with Crippen molar-refractivity contribution in [1.82, 2.24) is 10.0 Å². The van der Waals surface area contributed by atoms with E-state index in [1.807, 2.05) is 19.1 Å². The third-order valence-electron chi connectivity index (χ3n) is 3.56. The van der Waals surface area contributed by atoms with Gasteiger partial charge in [-0.3, -0.25) is 0 Å². The van der Waals surface area contributed by atoms with Crippen molar-refractivity contribution < 1.29 is 8.42 Å². The van der Waals surface area contributed by atoms with E-state index in [9.17, 15) is 8.42 Å². The van der Waals surface area contributed by atoms with Crippen molar-refractivity contribution in [2.24, 2.45) is 5.92 Å². The second kappa shape index (κ2) is 6.89. The predicted molar refractivity (Wildman–Crippen MR) is 82.4 cm³/mol. The largest absolute Gasteiger partial charge is 0.316 e. The molecular weight excluding hydrogens is 296 g/mol. The number of sulfonamides is 1.